The Hall–Kier alpha value is -2.04. The Bertz CT molecular complexity index is 915. The average molecular weight is 449 g/mol. The second kappa shape index (κ2) is 9.84. The molecule has 1 N–H and O–H groups in total. The summed E-state index contributed by atoms with van der Waals surface area (Å²) < 4.78 is 0. The van der Waals surface area contributed by atoms with Crippen LogP contribution in [0.4, 0.5) is 0 Å². The van der Waals surface area contributed by atoms with Crippen molar-refractivity contribution in [2.45, 2.75) is 66.1 Å². The molecule has 2 rings (SSSR count). The standard InChI is InChI=1S/C24H30Cl2N2O2/c1-15-10-11-16(2)18(12-15)13-22(29)28(17(3)23(30)27-24(4,5)6)14-19-20(25)8-7-9-21(19)26/h7-12,17H,13-14H2,1-6H3,(H,27,30). The molecule has 0 aliphatic carbocycles. The maximum atomic E-state index is 13.4. The van der Waals surface area contributed by atoms with Gasteiger partial charge in [0.25, 0.3) is 0 Å². The molecule has 1 atom stereocenters. The van der Waals surface area contributed by atoms with Crippen LogP contribution in [0.1, 0.15) is 49.9 Å². The van der Waals surface area contributed by atoms with Crippen LogP contribution in [0, 0.1) is 13.8 Å². The van der Waals surface area contributed by atoms with Gasteiger partial charge in [-0.25, -0.2) is 0 Å². The van der Waals surface area contributed by atoms with Gasteiger partial charge in [0.1, 0.15) is 6.04 Å². The minimum Gasteiger partial charge on any atom is -0.350 e. The van der Waals surface area contributed by atoms with Gasteiger partial charge in [0.2, 0.25) is 11.8 Å². The summed E-state index contributed by atoms with van der Waals surface area (Å²) in [5, 5.41) is 3.89. The molecule has 2 aromatic carbocycles. The second-order valence-electron chi connectivity index (χ2n) is 8.74. The number of benzene rings is 2. The third kappa shape index (κ3) is 6.48. The van der Waals surface area contributed by atoms with E-state index in [2.05, 4.69) is 5.32 Å². The van der Waals surface area contributed by atoms with E-state index in [1.165, 1.54) is 0 Å². The van der Waals surface area contributed by atoms with E-state index in [1.807, 2.05) is 52.8 Å². The molecule has 2 aromatic rings. The summed E-state index contributed by atoms with van der Waals surface area (Å²) in [6.07, 6.45) is 0.197. The van der Waals surface area contributed by atoms with E-state index in [4.69, 9.17) is 23.2 Å². The molecule has 4 nitrogen and oxygen atoms in total. The third-order valence-electron chi connectivity index (χ3n) is 4.90. The quantitative estimate of drug-likeness (QED) is 0.635. The van der Waals surface area contributed by atoms with Crippen LogP contribution in [0.3, 0.4) is 0 Å². The van der Waals surface area contributed by atoms with Crippen LogP contribution in [-0.2, 0) is 22.6 Å². The van der Waals surface area contributed by atoms with E-state index in [9.17, 15) is 9.59 Å². The van der Waals surface area contributed by atoms with E-state index < -0.39 is 11.6 Å². The summed E-state index contributed by atoms with van der Waals surface area (Å²) in [4.78, 5) is 27.8. The van der Waals surface area contributed by atoms with Crippen LogP contribution < -0.4 is 5.32 Å². The highest BCUT2D eigenvalue weighted by atomic mass is 35.5. The maximum absolute atomic E-state index is 13.4. The highest BCUT2D eigenvalue weighted by Gasteiger charge is 2.29. The SMILES string of the molecule is Cc1ccc(C)c(CC(=O)N(Cc2c(Cl)cccc2Cl)C(C)C(=O)NC(C)(C)C)c1. The molecule has 0 saturated carbocycles. The molecule has 30 heavy (non-hydrogen) atoms. The van der Waals surface area contributed by atoms with Gasteiger partial charge in [0, 0.05) is 27.7 Å². The summed E-state index contributed by atoms with van der Waals surface area (Å²) in [5.41, 5.74) is 3.29. The van der Waals surface area contributed by atoms with Crippen molar-refractivity contribution in [3.05, 3.63) is 68.7 Å². The minimum atomic E-state index is -0.686. The van der Waals surface area contributed by atoms with Crippen LogP contribution in [-0.4, -0.2) is 28.3 Å². The molecule has 0 saturated heterocycles. The number of carbonyl (C=O) groups excluding carboxylic acids is 2. The van der Waals surface area contributed by atoms with Crippen LogP contribution >= 0.6 is 23.2 Å². The lowest BCUT2D eigenvalue weighted by molar-refractivity contribution is -0.140. The third-order valence-corrected chi connectivity index (χ3v) is 5.61. The summed E-state index contributed by atoms with van der Waals surface area (Å²) in [7, 11) is 0. The molecule has 0 radical (unpaired) electrons. The predicted octanol–water partition coefficient (Wildman–Crippen LogP) is 5.48. The smallest absolute Gasteiger partial charge is 0.242 e. The van der Waals surface area contributed by atoms with E-state index in [-0.39, 0.29) is 24.8 Å². The number of nitrogens with zero attached hydrogens (tertiary/aromatic N) is 1. The Morgan fingerprint density at radius 1 is 1.07 bits per heavy atom. The van der Waals surface area contributed by atoms with Gasteiger partial charge in [0.15, 0.2) is 0 Å². The Kier molecular flexibility index (Phi) is 7.95. The molecule has 0 spiro atoms. The van der Waals surface area contributed by atoms with Crippen molar-refractivity contribution >= 4 is 35.0 Å². The molecule has 1 unspecified atom stereocenters. The van der Waals surface area contributed by atoms with Gasteiger partial charge in [-0.15, -0.1) is 0 Å². The monoisotopic (exact) mass is 448 g/mol. The van der Waals surface area contributed by atoms with Crippen molar-refractivity contribution in [3.63, 3.8) is 0 Å². The number of rotatable bonds is 6. The topological polar surface area (TPSA) is 49.4 Å². The lowest BCUT2D eigenvalue weighted by atomic mass is 10.0. The summed E-state index contributed by atoms with van der Waals surface area (Å²) in [6.45, 7) is 11.6. The van der Waals surface area contributed by atoms with E-state index >= 15 is 0 Å². The van der Waals surface area contributed by atoms with Crippen LogP contribution in [0.15, 0.2) is 36.4 Å². The number of halogens is 2. The van der Waals surface area contributed by atoms with Crippen molar-refractivity contribution in [1.82, 2.24) is 10.2 Å². The summed E-state index contributed by atoms with van der Waals surface area (Å²) in [5.74, 6) is -0.378. The molecule has 0 aliphatic rings. The van der Waals surface area contributed by atoms with Crippen LogP contribution in [0.2, 0.25) is 10.0 Å². The van der Waals surface area contributed by atoms with Crippen molar-refractivity contribution in [2.75, 3.05) is 0 Å². The van der Waals surface area contributed by atoms with E-state index in [1.54, 1.807) is 30.0 Å². The zero-order valence-electron chi connectivity index (χ0n) is 18.5. The van der Waals surface area contributed by atoms with Gasteiger partial charge in [-0.2, -0.15) is 0 Å². The fourth-order valence-electron chi connectivity index (χ4n) is 3.17. The molecule has 0 heterocycles. The predicted molar refractivity (Wildman–Crippen MR) is 124 cm³/mol. The van der Waals surface area contributed by atoms with Crippen LogP contribution in [0.5, 0.6) is 0 Å². The Morgan fingerprint density at radius 2 is 1.67 bits per heavy atom. The zero-order chi connectivity index (χ0) is 22.6. The normalized spacial score (nSPS) is 12.4. The van der Waals surface area contributed by atoms with Gasteiger partial charge in [-0.3, -0.25) is 9.59 Å². The number of hydrogen-bond donors (Lipinski definition) is 1. The summed E-state index contributed by atoms with van der Waals surface area (Å²) >= 11 is 12.7. The first-order valence-electron chi connectivity index (χ1n) is 9.99. The number of carbonyl (C=O) groups is 2. The number of aryl methyl sites for hydroxylation is 2. The molecule has 0 bridgehead atoms. The van der Waals surface area contributed by atoms with Crippen molar-refractivity contribution in [1.29, 1.82) is 0 Å². The van der Waals surface area contributed by atoms with Gasteiger partial charge >= 0.3 is 0 Å². The lowest BCUT2D eigenvalue weighted by Gasteiger charge is -2.32. The second-order valence-corrected chi connectivity index (χ2v) is 9.56. The molecule has 0 fully saturated rings. The Morgan fingerprint density at radius 3 is 2.23 bits per heavy atom. The Labute approximate surface area is 189 Å². The zero-order valence-corrected chi connectivity index (χ0v) is 20.0. The molecule has 2 amide bonds. The molecular formula is C24H30Cl2N2O2. The molecule has 162 valence electrons. The first kappa shape index (κ1) is 24.2. The molecule has 0 aromatic heterocycles. The number of nitrogens with one attached hydrogen (secondary N) is 1. The average Bonchev–Trinajstić information content (AvgIpc) is 2.62. The van der Waals surface area contributed by atoms with Crippen molar-refractivity contribution in [3.8, 4) is 0 Å². The summed E-state index contributed by atoms with van der Waals surface area (Å²) in [6, 6.07) is 10.6. The molecule has 6 heteroatoms. The molecule has 0 aliphatic heterocycles. The fraction of sp³-hybridized carbons (Fsp3) is 0.417. The molecular weight excluding hydrogens is 419 g/mol. The van der Waals surface area contributed by atoms with Crippen molar-refractivity contribution < 1.29 is 9.59 Å². The Balaban J connectivity index is 2.37. The highest BCUT2D eigenvalue weighted by molar-refractivity contribution is 6.36. The number of hydrogen-bond acceptors (Lipinski definition) is 2. The van der Waals surface area contributed by atoms with Gasteiger partial charge in [-0.1, -0.05) is 53.0 Å². The van der Waals surface area contributed by atoms with E-state index in [0.717, 1.165) is 16.7 Å². The first-order valence-corrected chi connectivity index (χ1v) is 10.7. The van der Waals surface area contributed by atoms with Crippen LogP contribution in [0.25, 0.3) is 0 Å². The minimum absolute atomic E-state index is 0.154. The van der Waals surface area contributed by atoms with Gasteiger partial charge in [-0.05, 0) is 64.8 Å². The first-order chi connectivity index (χ1) is 13.9. The largest absolute Gasteiger partial charge is 0.350 e. The highest BCUT2D eigenvalue weighted by Crippen LogP contribution is 2.27. The number of amides is 2. The fourth-order valence-corrected chi connectivity index (χ4v) is 3.68. The van der Waals surface area contributed by atoms with Crippen molar-refractivity contribution in [2.24, 2.45) is 0 Å². The van der Waals surface area contributed by atoms with Gasteiger partial charge < -0.3 is 10.2 Å². The lowest BCUT2D eigenvalue weighted by Crippen LogP contribution is -2.52. The van der Waals surface area contributed by atoms with Gasteiger partial charge in [0.05, 0.1) is 6.42 Å². The maximum Gasteiger partial charge on any atom is 0.242 e. The van der Waals surface area contributed by atoms with E-state index in [0.29, 0.717) is 15.6 Å².